The first-order chi connectivity index (χ1) is 12.0. The maximum Gasteiger partial charge on any atom is 0.281 e. The van der Waals surface area contributed by atoms with E-state index in [2.05, 4.69) is 20.6 Å². The van der Waals surface area contributed by atoms with Gasteiger partial charge in [0.25, 0.3) is 11.5 Å². The third-order valence-corrected chi connectivity index (χ3v) is 4.22. The number of nitrogens with one attached hydrogen (secondary N) is 2. The molecule has 124 valence electrons. The van der Waals surface area contributed by atoms with Gasteiger partial charge in [0.15, 0.2) is 11.3 Å². The lowest BCUT2D eigenvalue weighted by Gasteiger charge is -2.05. The van der Waals surface area contributed by atoms with E-state index in [-0.39, 0.29) is 11.3 Å². The van der Waals surface area contributed by atoms with Crippen LogP contribution in [-0.4, -0.2) is 25.7 Å². The van der Waals surface area contributed by atoms with Crippen LogP contribution in [0.1, 0.15) is 10.5 Å². The van der Waals surface area contributed by atoms with Gasteiger partial charge in [0.2, 0.25) is 0 Å². The van der Waals surface area contributed by atoms with E-state index in [0.717, 1.165) is 0 Å². The van der Waals surface area contributed by atoms with E-state index in [0.29, 0.717) is 26.6 Å². The summed E-state index contributed by atoms with van der Waals surface area (Å²) in [5.74, 6) is -0.535. The molecule has 2 heterocycles. The molecule has 0 fully saturated rings. The van der Waals surface area contributed by atoms with Gasteiger partial charge in [0.1, 0.15) is 0 Å². The molecule has 2 N–H and O–H groups in total. The lowest BCUT2D eigenvalue weighted by molar-refractivity contribution is 0.102. The quantitative estimate of drug-likeness (QED) is 0.564. The zero-order chi connectivity index (χ0) is 17.6. The first-order valence-electron chi connectivity index (χ1n) is 7.17. The molecule has 0 aliphatic rings. The van der Waals surface area contributed by atoms with Crippen LogP contribution in [0.4, 0.5) is 5.69 Å². The van der Waals surface area contributed by atoms with Gasteiger partial charge in [0, 0.05) is 5.02 Å². The number of hydrogen-bond donors (Lipinski definition) is 2. The summed E-state index contributed by atoms with van der Waals surface area (Å²) >= 11 is 12.0. The predicted molar refractivity (Wildman–Crippen MR) is 95.5 cm³/mol. The average molecular weight is 374 g/mol. The normalized spacial score (nSPS) is 11.1. The van der Waals surface area contributed by atoms with Crippen LogP contribution in [0, 0.1) is 0 Å². The van der Waals surface area contributed by atoms with Crippen molar-refractivity contribution in [2.45, 2.75) is 0 Å². The highest BCUT2D eigenvalue weighted by Gasteiger charge is 2.19. The van der Waals surface area contributed by atoms with E-state index >= 15 is 0 Å². The summed E-state index contributed by atoms with van der Waals surface area (Å²) in [6.45, 7) is 0. The molecule has 1 amide bonds. The minimum atomic E-state index is -0.535. The number of aromatic amines is 1. The summed E-state index contributed by atoms with van der Waals surface area (Å²) in [5.41, 5.74) is 0.554. The number of para-hydroxylation sites is 1. The van der Waals surface area contributed by atoms with Crippen molar-refractivity contribution in [3.05, 3.63) is 68.6 Å². The Kier molecular flexibility index (Phi) is 3.67. The Bertz CT molecular complexity index is 1200. The molecule has 0 radical (unpaired) electrons. The van der Waals surface area contributed by atoms with Crippen LogP contribution < -0.4 is 10.9 Å². The molecule has 0 unspecified atom stereocenters. The van der Waals surface area contributed by atoms with Crippen molar-refractivity contribution in [3.8, 4) is 0 Å². The van der Waals surface area contributed by atoms with Gasteiger partial charge in [-0.2, -0.15) is 4.98 Å². The number of aromatic nitrogens is 4. The van der Waals surface area contributed by atoms with Gasteiger partial charge >= 0.3 is 0 Å². The molecule has 2 aromatic carbocycles. The number of carbonyl (C=O) groups is 1. The molecule has 2 aromatic heterocycles. The van der Waals surface area contributed by atoms with Crippen LogP contribution >= 0.6 is 23.2 Å². The fourth-order valence-electron chi connectivity index (χ4n) is 2.50. The second-order valence-electron chi connectivity index (χ2n) is 5.23. The highest BCUT2D eigenvalue weighted by atomic mass is 35.5. The molecular formula is C16H9Cl2N5O2. The van der Waals surface area contributed by atoms with E-state index in [9.17, 15) is 9.59 Å². The minimum absolute atomic E-state index is 0.0196. The smallest absolute Gasteiger partial charge is 0.281 e. The number of amides is 1. The fraction of sp³-hybridized carbons (Fsp3) is 0. The maximum absolute atomic E-state index is 12.5. The predicted octanol–water partition coefficient (Wildman–Crippen LogP) is 3.13. The van der Waals surface area contributed by atoms with Crippen molar-refractivity contribution < 1.29 is 4.79 Å². The lowest BCUT2D eigenvalue weighted by atomic mass is 10.2. The first kappa shape index (κ1) is 15.6. The Balaban J connectivity index is 1.85. The zero-order valence-corrected chi connectivity index (χ0v) is 14.0. The van der Waals surface area contributed by atoms with Crippen LogP contribution in [0.3, 0.4) is 0 Å². The van der Waals surface area contributed by atoms with Gasteiger partial charge < -0.3 is 5.32 Å². The molecule has 0 atom stereocenters. The Labute approximate surface area is 150 Å². The topological polar surface area (TPSA) is 92.2 Å². The molecule has 4 aromatic rings. The standard InChI is InChI=1S/C16H9Cl2N5O2/c17-8-5-6-12-9(7-8)15(24)20-14-13(21-22-23(12)14)16(25)19-11-4-2-1-3-10(11)18/h1-7,22H,(H,19,25). The number of halogens is 2. The van der Waals surface area contributed by atoms with Gasteiger partial charge in [-0.3, -0.25) is 9.59 Å². The number of hydrogen-bond acceptors (Lipinski definition) is 4. The van der Waals surface area contributed by atoms with E-state index in [1.165, 1.54) is 10.6 Å². The number of benzene rings is 2. The summed E-state index contributed by atoms with van der Waals surface area (Å²) in [5, 5.41) is 10.5. The molecule has 0 spiro atoms. The number of fused-ring (bicyclic) bond motifs is 3. The molecule has 25 heavy (non-hydrogen) atoms. The van der Waals surface area contributed by atoms with Gasteiger partial charge in [-0.1, -0.05) is 35.3 Å². The summed E-state index contributed by atoms with van der Waals surface area (Å²) in [6, 6.07) is 11.6. The van der Waals surface area contributed by atoms with Gasteiger partial charge in [-0.25, -0.2) is 9.73 Å². The Morgan fingerprint density at radius 3 is 2.76 bits per heavy atom. The SMILES string of the molecule is O=C(Nc1ccccc1Cl)c1n[nH]n2c1nc(=O)c1cc(Cl)ccc12. The summed E-state index contributed by atoms with van der Waals surface area (Å²) in [6.07, 6.45) is 0. The van der Waals surface area contributed by atoms with Gasteiger partial charge in [-0.05, 0) is 30.3 Å². The molecule has 0 saturated carbocycles. The number of H-pyrrole nitrogens is 1. The molecule has 7 nitrogen and oxygen atoms in total. The number of carbonyl (C=O) groups excluding carboxylic acids is 1. The summed E-state index contributed by atoms with van der Waals surface area (Å²) < 4.78 is 1.45. The highest BCUT2D eigenvalue weighted by Crippen LogP contribution is 2.22. The van der Waals surface area contributed by atoms with Crippen molar-refractivity contribution in [2.75, 3.05) is 5.32 Å². The van der Waals surface area contributed by atoms with Crippen LogP contribution in [0.5, 0.6) is 0 Å². The van der Waals surface area contributed by atoms with Gasteiger partial charge in [-0.15, -0.1) is 5.10 Å². The number of nitrogens with zero attached hydrogens (tertiary/aromatic N) is 3. The van der Waals surface area contributed by atoms with Crippen molar-refractivity contribution in [2.24, 2.45) is 0 Å². The van der Waals surface area contributed by atoms with Crippen molar-refractivity contribution >= 4 is 51.3 Å². The third kappa shape index (κ3) is 2.63. The number of anilines is 1. The monoisotopic (exact) mass is 373 g/mol. The molecule has 4 rings (SSSR count). The van der Waals surface area contributed by atoms with E-state index < -0.39 is 11.5 Å². The molecule has 0 bridgehead atoms. The first-order valence-corrected chi connectivity index (χ1v) is 7.92. The second kappa shape index (κ2) is 5.87. The van der Waals surface area contributed by atoms with Crippen molar-refractivity contribution in [1.82, 2.24) is 19.8 Å². The Morgan fingerprint density at radius 2 is 1.96 bits per heavy atom. The zero-order valence-electron chi connectivity index (χ0n) is 12.5. The van der Waals surface area contributed by atoms with Crippen LogP contribution in [0.15, 0.2) is 47.3 Å². The Morgan fingerprint density at radius 1 is 1.16 bits per heavy atom. The average Bonchev–Trinajstić information content (AvgIpc) is 3.01. The summed E-state index contributed by atoms with van der Waals surface area (Å²) in [4.78, 5) is 28.7. The third-order valence-electron chi connectivity index (χ3n) is 3.66. The Hall–Kier alpha value is -2.90. The summed E-state index contributed by atoms with van der Waals surface area (Å²) in [7, 11) is 0. The van der Waals surface area contributed by atoms with E-state index in [1.807, 2.05) is 0 Å². The molecule has 9 heteroatoms. The molecule has 0 aliphatic carbocycles. The molecular weight excluding hydrogens is 365 g/mol. The van der Waals surface area contributed by atoms with Crippen LogP contribution in [0.2, 0.25) is 10.0 Å². The van der Waals surface area contributed by atoms with Crippen molar-refractivity contribution in [3.63, 3.8) is 0 Å². The maximum atomic E-state index is 12.5. The van der Waals surface area contributed by atoms with E-state index in [1.54, 1.807) is 36.4 Å². The minimum Gasteiger partial charge on any atom is -0.319 e. The highest BCUT2D eigenvalue weighted by molar-refractivity contribution is 6.34. The van der Waals surface area contributed by atoms with Crippen LogP contribution in [-0.2, 0) is 0 Å². The van der Waals surface area contributed by atoms with Crippen molar-refractivity contribution in [1.29, 1.82) is 0 Å². The molecule has 0 saturated heterocycles. The van der Waals surface area contributed by atoms with Gasteiger partial charge in [0.05, 0.1) is 21.6 Å². The second-order valence-corrected chi connectivity index (χ2v) is 6.08. The van der Waals surface area contributed by atoms with Crippen LogP contribution in [0.25, 0.3) is 16.6 Å². The fourth-order valence-corrected chi connectivity index (χ4v) is 2.86. The largest absolute Gasteiger partial charge is 0.319 e. The number of rotatable bonds is 2. The van der Waals surface area contributed by atoms with E-state index in [4.69, 9.17) is 23.2 Å². The molecule has 0 aliphatic heterocycles. The lowest BCUT2D eigenvalue weighted by Crippen LogP contribution is -2.16.